The summed E-state index contributed by atoms with van der Waals surface area (Å²) in [5, 5.41) is 0. The fourth-order valence-electron chi connectivity index (χ4n) is 2.95. The smallest absolute Gasteiger partial charge is 0.241 e. The highest BCUT2D eigenvalue weighted by Gasteiger charge is 2.20. The van der Waals surface area contributed by atoms with Crippen LogP contribution in [0.5, 0.6) is 11.5 Å². The summed E-state index contributed by atoms with van der Waals surface area (Å²) in [5.74, 6) is 0.844. The maximum absolute atomic E-state index is 12.8. The molecule has 0 aromatic heterocycles. The van der Waals surface area contributed by atoms with Gasteiger partial charge in [-0.15, -0.1) is 0 Å². The second-order valence-electron chi connectivity index (χ2n) is 6.35. The maximum Gasteiger partial charge on any atom is 0.241 e. The Morgan fingerprint density at radius 2 is 1.39 bits per heavy atom. The Balaban J connectivity index is 1.79. The van der Waals surface area contributed by atoms with Crippen LogP contribution < -0.4 is 14.2 Å². The largest absolute Gasteiger partial charge is 0.493 e. The Labute approximate surface area is 166 Å². The summed E-state index contributed by atoms with van der Waals surface area (Å²) in [4.78, 5) is 0.123. The van der Waals surface area contributed by atoms with E-state index in [-0.39, 0.29) is 10.9 Å². The Kier molecular flexibility index (Phi) is 6.02. The van der Waals surface area contributed by atoms with Crippen LogP contribution in [0.4, 0.5) is 0 Å². The molecule has 1 atom stereocenters. The molecular formula is C22H23NO4S. The first-order valence-electron chi connectivity index (χ1n) is 8.84. The molecule has 0 amide bonds. The van der Waals surface area contributed by atoms with Gasteiger partial charge in [-0.3, -0.25) is 0 Å². The summed E-state index contributed by atoms with van der Waals surface area (Å²) in [6, 6.07) is 22.0. The predicted octanol–water partition coefficient (Wildman–Crippen LogP) is 4.41. The van der Waals surface area contributed by atoms with E-state index in [1.165, 1.54) is 26.4 Å². The molecular weight excluding hydrogens is 374 g/mol. The molecule has 0 saturated heterocycles. The molecule has 28 heavy (non-hydrogen) atoms. The van der Waals surface area contributed by atoms with Crippen molar-refractivity contribution in [2.75, 3.05) is 14.2 Å². The molecule has 1 unspecified atom stereocenters. The topological polar surface area (TPSA) is 64.6 Å². The Morgan fingerprint density at radius 1 is 0.786 bits per heavy atom. The van der Waals surface area contributed by atoms with Gasteiger partial charge in [0.25, 0.3) is 0 Å². The standard InChI is InChI=1S/C22H23NO4S/c1-16(17-9-11-19(12-10-17)18-7-5-4-6-8-18)23-28(24,25)20-13-14-21(26-2)22(15-20)27-3/h4-16,23H,1-3H3. The van der Waals surface area contributed by atoms with E-state index >= 15 is 0 Å². The Hall–Kier alpha value is -2.83. The molecule has 0 aliphatic rings. The fraction of sp³-hybridized carbons (Fsp3) is 0.182. The van der Waals surface area contributed by atoms with Crippen LogP contribution in [-0.4, -0.2) is 22.6 Å². The highest BCUT2D eigenvalue weighted by molar-refractivity contribution is 7.89. The summed E-state index contributed by atoms with van der Waals surface area (Å²) >= 11 is 0. The van der Waals surface area contributed by atoms with Gasteiger partial charge in [0, 0.05) is 12.1 Å². The van der Waals surface area contributed by atoms with Gasteiger partial charge in [0.15, 0.2) is 11.5 Å². The third kappa shape index (κ3) is 4.35. The molecule has 0 aliphatic carbocycles. The minimum Gasteiger partial charge on any atom is -0.493 e. The summed E-state index contributed by atoms with van der Waals surface area (Å²) in [6.07, 6.45) is 0. The lowest BCUT2D eigenvalue weighted by molar-refractivity contribution is 0.354. The summed E-state index contributed by atoms with van der Waals surface area (Å²) < 4.78 is 38.6. The number of hydrogen-bond donors (Lipinski definition) is 1. The second-order valence-corrected chi connectivity index (χ2v) is 8.06. The van der Waals surface area contributed by atoms with Crippen LogP contribution in [0.2, 0.25) is 0 Å². The van der Waals surface area contributed by atoms with Crippen molar-refractivity contribution in [1.29, 1.82) is 0 Å². The average Bonchev–Trinajstić information content (AvgIpc) is 2.73. The zero-order valence-electron chi connectivity index (χ0n) is 16.0. The molecule has 0 aliphatic heterocycles. The number of nitrogens with one attached hydrogen (secondary N) is 1. The van der Waals surface area contributed by atoms with E-state index in [1.54, 1.807) is 6.07 Å². The Morgan fingerprint density at radius 3 is 2.00 bits per heavy atom. The van der Waals surface area contributed by atoms with Gasteiger partial charge in [-0.05, 0) is 35.7 Å². The molecule has 0 fully saturated rings. The molecule has 146 valence electrons. The van der Waals surface area contributed by atoms with Crippen molar-refractivity contribution < 1.29 is 17.9 Å². The molecule has 0 heterocycles. The van der Waals surface area contributed by atoms with Gasteiger partial charge in [0.05, 0.1) is 19.1 Å². The first kappa shape index (κ1) is 19.9. The second kappa shape index (κ2) is 8.46. The van der Waals surface area contributed by atoms with Crippen LogP contribution in [0.25, 0.3) is 11.1 Å². The van der Waals surface area contributed by atoms with Gasteiger partial charge in [-0.2, -0.15) is 0 Å². The molecule has 6 heteroatoms. The number of ether oxygens (including phenoxy) is 2. The molecule has 0 saturated carbocycles. The van der Waals surface area contributed by atoms with Crippen LogP contribution in [0.15, 0.2) is 77.7 Å². The van der Waals surface area contributed by atoms with Gasteiger partial charge in [-0.1, -0.05) is 54.6 Å². The number of sulfonamides is 1. The zero-order valence-corrected chi connectivity index (χ0v) is 16.9. The quantitative estimate of drug-likeness (QED) is 0.641. The van der Waals surface area contributed by atoms with E-state index in [1.807, 2.05) is 61.5 Å². The van der Waals surface area contributed by atoms with Crippen molar-refractivity contribution >= 4 is 10.0 Å². The van der Waals surface area contributed by atoms with Crippen molar-refractivity contribution in [2.24, 2.45) is 0 Å². The normalized spacial score (nSPS) is 12.4. The van der Waals surface area contributed by atoms with Crippen LogP contribution in [0, 0.1) is 0 Å². The van der Waals surface area contributed by atoms with Crippen molar-refractivity contribution in [1.82, 2.24) is 4.72 Å². The van der Waals surface area contributed by atoms with Gasteiger partial charge in [-0.25, -0.2) is 13.1 Å². The first-order chi connectivity index (χ1) is 13.4. The monoisotopic (exact) mass is 397 g/mol. The van der Waals surface area contributed by atoms with Crippen molar-refractivity contribution in [2.45, 2.75) is 17.9 Å². The minimum absolute atomic E-state index is 0.123. The minimum atomic E-state index is -3.71. The Bertz CT molecular complexity index is 1030. The molecule has 3 aromatic rings. The maximum atomic E-state index is 12.8. The lowest BCUT2D eigenvalue weighted by atomic mass is 10.0. The van der Waals surface area contributed by atoms with Crippen molar-refractivity contribution in [3.05, 3.63) is 78.4 Å². The van der Waals surface area contributed by atoms with Crippen molar-refractivity contribution in [3.63, 3.8) is 0 Å². The number of rotatable bonds is 7. The van der Waals surface area contributed by atoms with E-state index < -0.39 is 10.0 Å². The van der Waals surface area contributed by atoms with Crippen LogP contribution in [0.1, 0.15) is 18.5 Å². The lowest BCUT2D eigenvalue weighted by Crippen LogP contribution is -2.26. The highest BCUT2D eigenvalue weighted by atomic mass is 32.2. The molecule has 1 N–H and O–H groups in total. The molecule has 0 radical (unpaired) electrons. The highest BCUT2D eigenvalue weighted by Crippen LogP contribution is 2.30. The first-order valence-corrected chi connectivity index (χ1v) is 10.3. The van der Waals surface area contributed by atoms with Gasteiger partial charge >= 0.3 is 0 Å². The fourth-order valence-corrected chi connectivity index (χ4v) is 4.19. The molecule has 3 rings (SSSR count). The summed E-state index contributed by atoms with van der Waals surface area (Å²) in [7, 11) is -0.737. The number of methoxy groups -OCH3 is 2. The average molecular weight is 397 g/mol. The van der Waals surface area contributed by atoms with E-state index in [9.17, 15) is 8.42 Å². The van der Waals surface area contributed by atoms with Gasteiger partial charge < -0.3 is 9.47 Å². The third-order valence-electron chi connectivity index (χ3n) is 4.52. The van der Waals surface area contributed by atoms with Crippen LogP contribution in [-0.2, 0) is 10.0 Å². The lowest BCUT2D eigenvalue weighted by Gasteiger charge is -2.16. The van der Waals surface area contributed by atoms with E-state index in [4.69, 9.17) is 9.47 Å². The van der Waals surface area contributed by atoms with E-state index in [2.05, 4.69) is 4.72 Å². The number of hydrogen-bond acceptors (Lipinski definition) is 4. The van der Waals surface area contributed by atoms with Crippen molar-refractivity contribution in [3.8, 4) is 22.6 Å². The van der Waals surface area contributed by atoms with Gasteiger partial charge in [0.1, 0.15) is 0 Å². The predicted molar refractivity (Wildman–Crippen MR) is 110 cm³/mol. The van der Waals surface area contributed by atoms with Crippen LogP contribution >= 0.6 is 0 Å². The third-order valence-corrected chi connectivity index (χ3v) is 6.05. The molecule has 3 aromatic carbocycles. The summed E-state index contributed by atoms with van der Waals surface area (Å²) in [6.45, 7) is 1.82. The molecule has 5 nitrogen and oxygen atoms in total. The van der Waals surface area contributed by atoms with Gasteiger partial charge in [0.2, 0.25) is 10.0 Å². The van der Waals surface area contributed by atoms with E-state index in [0.29, 0.717) is 11.5 Å². The number of benzene rings is 3. The molecule has 0 spiro atoms. The zero-order chi connectivity index (χ0) is 20.1. The van der Waals surface area contributed by atoms with E-state index in [0.717, 1.165) is 16.7 Å². The SMILES string of the molecule is COc1ccc(S(=O)(=O)NC(C)c2ccc(-c3ccccc3)cc2)cc1OC. The van der Waals surface area contributed by atoms with Crippen LogP contribution in [0.3, 0.4) is 0 Å². The summed E-state index contributed by atoms with van der Waals surface area (Å²) in [5.41, 5.74) is 3.08. The molecule has 0 bridgehead atoms.